The van der Waals surface area contributed by atoms with Crippen molar-refractivity contribution in [3.63, 3.8) is 0 Å². The first-order valence-electron chi connectivity index (χ1n) is 5.32. The maximum absolute atomic E-state index is 10.2. The summed E-state index contributed by atoms with van der Waals surface area (Å²) in [5.74, 6) is 0.489. The van der Waals surface area contributed by atoms with E-state index in [1.165, 1.54) is 0 Å². The number of pyridine rings is 2. The molecule has 0 bridgehead atoms. The third-order valence-electron chi connectivity index (χ3n) is 2.61. The molecule has 0 aliphatic carbocycles. The van der Waals surface area contributed by atoms with Crippen LogP contribution in [0.4, 0.5) is 0 Å². The average Bonchev–Trinajstić information content (AvgIpc) is 2.38. The summed E-state index contributed by atoms with van der Waals surface area (Å²) >= 11 is 0. The van der Waals surface area contributed by atoms with Crippen molar-refractivity contribution in [2.75, 3.05) is 7.11 Å². The van der Waals surface area contributed by atoms with Gasteiger partial charge in [0.1, 0.15) is 6.10 Å². The molecule has 2 aromatic rings. The summed E-state index contributed by atoms with van der Waals surface area (Å²) in [4.78, 5) is 8.22. The zero-order valence-electron chi connectivity index (χ0n) is 9.79. The van der Waals surface area contributed by atoms with Gasteiger partial charge in [-0.3, -0.25) is 4.98 Å². The number of rotatable bonds is 3. The number of ether oxygens (including phenoxy) is 1. The smallest absolute Gasteiger partial charge is 0.213 e. The number of aryl methyl sites for hydroxylation is 1. The predicted molar refractivity (Wildman–Crippen MR) is 63.8 cm³/mol. The topological polar surface area (TPSA) is 55.2 Å². The minimum absolute atomic E-state index is 0.489. The molecule has 0 saturated heterocycles. The first-order valence-corrected chi connectivity index (χ1v) is 5.32. The molecule has 0 radical (unpaired) electrons. The number of hydrogen-bond acceptors (Lipinski definition) is 4. The van der Waals surface area contributed by atoms with Gasteiger partial charge in [0.2, 0.25) is 5.88 Å². The normalized spacial score (nSPS) is 12.2. The molecule has 4 nitrogen and oxygen atoms in total. The average molecular weight is 230 g/mol. The molecule has 0 fully saturated rings. The lowest BCUT2D eigenvalue weighted by molar-refractivity contribution is 0.212. The first-order chi connectivity index (χ1) is 8.22. The monoisotopic (exact) mass is 230 g/mol. The lowest BCUT2D eigenvalue weighted by atomic mass is 10.0. The summed E-state index contributed by atoms with van der Waals surface area (Å²) in [6, 6.07) is 7.17. The quantitative estimate of drug-likeness (QED) is 0.874. The SMILES string of the molecule is COc1cccc(C(O)c2cnccc2C)n1. The van der Waals surface area contributed by atoms with Gasteiger partial charge < -0.3 is 9.84 Å². The van der Waals surface area contributed by atoms with E-state index in [4.69, 9.17) is 4.74 Å². The van der Waals surface area contributed by atoms with Crippen LogP contribution < -0.4 is 4.74 Å². The highest BCUT2D eigenvalue weighted by Crippen LogP contribution is 2.23. The van der Waals surface area contributed by atoms with Crippen molar-refractivity contribution in [2.24, 2.45) is 0 Å². The molecular weight excluding hydrogens is 216 g/mol. The van der Waals surface area contributed by atoms with E-state index in [2.05, 4.69) is 9.97 Å². The fraction of sp³-hybridized carbons (Fsp3) is 0.231. The van der Waals surface area contributed by atoms with Crippen LogP contribution in [0.1, 0.15) is 22.9 Å². The Morgan fingerprint density at radius 2 is 2.12 bits per heavy atom. The second-order valence-corrected chi connectivity index (χ2v) is 3.74. The minimum atomic E-state index is -0.779. The van der Waals surface area contributed by atoms with Crippen LogP contribution in [0.5, 0.6) is 5.88 Å². The molecule has 1 atom stereocenters. The molecule has 1 N–H and O–H groups in total. The van der Waals surface area contributed by atoms with Gasteiger partial charge >= 0.3 is 0 Å². The van der Waals surface area contributed by atoms with Crippen molar-refractivity contribution in [1.82, 2.24) is 9.97 Å². The Balaban J connectivity index is 2.37. The third kappa shape index (κ3) is 2.42. The van der Waals surface area contributed by atoms with Gasteiger partial charge in [0.15, 0.2) is 0 Å². The number of methoxy groups -OCH3 is 1. The molecule has 1 unspecified atom stereocenters. The van der Waals surface area contributed by atoms with E-state index < -0.39 is 6.10 Å². The summed E-state index contributed by atoms with van der Waals surface area (Å²) in [7, 11) is 1.55. The number of hydrogen-bond donors (Lipinski definition) is 1. The molecule has 0 aliphatic rings. The fourth-order valence-corrected chi connectivity index (χ4v) is 1.62. The highest BCUT2D eigenvalue weighted by atomic mass is 16.5. The Labute approximate surface area is 99.9 Å². The van der Waals surface area contributed by atoms with Crippen LogP contribution in [0.15, 0.2) is 36.7 Å². The lowest BCUT2D eigenvalue weighted by Crippen LogP contribution is -2.05. The van der Waals surface area contributed by atoms with Crippen LogP contribution in [0.3, 0.4) is 0 Å². The van der Waals surface area contributed by atoms with Crippen molar-refractivity contribution in [2.45, 2.75) is 13.0 Å². The summed E-state index contributed by atoms with van der Waals surface area (Å²) in [5, 5.41) is 10.2. The van der Waals surface area contributed by atoms with Gasteiger partial charge in [0, 0.05) is 24.0 Å². The van der Waals surface area contributed by atoms with Gasteiger partial charge in [-0.15, -0.1) is 0 Å². The van der Waals surface area contributed by atoms with Gasteiger partial charge in [-0.2, -0.15) is 0 Å². The third-order valence-corrected chi connectivity index (χ3v) is 2.61. The summed E-state index contributed by atoms with van der Waals surface area (Å²) < 4.78 is 5.03. The second-order valence-electron chi connectivity index (χ2n) is 3.74. The maximum atomic E-state index is 10.2. The van der Waals surface area contributed by atoms with Gasteiger partial charge in [0.05, 0.1) is 12.8 Å². The van der Waals surface area contributed by atoms with E-state index in [9.17, 15) is 5.11 Å². The summed E-state index contributed by atoms with van der Waals surface area (Å²) in [6.07, 6.45) is 2.57. The fourth-order valence-electron chi connectivity index (χ4n) is 1.62. The molecular formula is C13H14N2O2. The number of aromatic nitrogens is 2. The Morgan fingerprint density at radius 3 is 2.82 bits per heavy atom. The van der Waals surface area contributed by atoms with E-state index in [1.54, 1.807) is 37.7 Å². The molecule has 0 spiro atoms. The number of nitrogens with zero attached hydrogens (tertiary/aromatic N) is 2. The van der Waals surface area contributed by atoms with Gasteiger partial charge in [-0.1, -0.05) is 6.07 Å². The Kier molecular flexibility index (Phi) is 3.35. The zero-order chi connectivity index (χ0) is 12.3. The van der Waals surface area contributed by atoms with Crippen molar-refractivity contribution in [3.05, 3.63) is 53.5 Å². The second kappa shape index (κ2) is 4.93. The van der Waals surface area contributed by atoms with Crippen molar-refractivity contribution in [1.29, 1.82) is 0 Å². The van der Waals surface area contributed by atoms with E-state index in [0.29, 0.717) is 11.6 Å². The van der Waals surface area contributed by atoms with Crippen LogP contribution in [0.25, 0.3) is 0 Å². The van der Waals surface area contributed by atoms with E-state index in [-0.39, 0.29) is 0 Å². The van der Waals surface area contributed by atoms with Crippen LogP contribution in [0.2, 0.25) is 0 Å². The minimum Gasteiger partial charge on any atom is -0.481 e. The standard InChI is InChI=1S/C13H14N2O2/c1-9-6-7-14-8-10(9)13(16)11-4-3-5-12(15-11)17-2/h3-8,13,16H,1-2H3. The van der Waals surface area contributed by atoms with E-state index in [1.807, 2.05) is 13.0 Å². The first kappa shape index (κ1) is 11.5. The molecule has 2 aromatic heterocycles. The zero-order valence-corrected chi connectivity index (χ0v) is 9.79. The Bertz CT molecular complexity index is 514. The van der Waals surface area contributed by atoms with Gasteiger partial charge in [-0.05, 0) is 24.6 Å². The van der Waals surface area contributed by atoms with Crippen molar-refractivity contribution >= 4 is 0 Å². The highest BCUT2D eigenvalue weighted by Gasteiger charge is 2.14. The van der Waals surface area contributed by atoms with Crippen LogP contribution in [0, 0.1) is 6.92 Å². The van der Waals surface area contributed by atoms with E-state index >= 15 is 0 Å². The molecule has 0 aliphatic heterocycles. The molecule has 88 valence electrons. The largest absolute Gasteiger partial charge is 0.481 e. The molecule has 17 heavy (non-hydrogen) atoms. The van der Waals surface area contributed by atoms with Crippen LogP contribution >= 0.6 is 0 Å². The Morgan fingerprint density at radius 1 is 1.29 bits per heavy atom. The molecule has 0 saturated carbocycles. The van der Waals surface area contributed by atoms with E-state index in [0.717, 1.165) is 11.1 Å². The van der Waals surface area contributed by atoms with Crippen molar-refractivity contribution < 1.29 is 9.84 Å². The van der Waals surface area contributed by atoms with Crippen molar-refractivity contribution in [3.8, 4) is 5.88 Å². The molecule has 2 rings (SSSR count). The van der Waals surface area contributed by atoms with Gasteiger partial charge in [0.25, 0.3) is 0 Å². The Hall–Kier alpha value is -1.94. The summed E-state index contributed by atoms with van der Waals surface area (Å²) in [6.45, 7) is 1.93. The molecule has 4 heteroatoms. The highest BCUT2D eigenvalue weighted by molar-refractivity contribution is 5.31. The molecule has 0 aromatic carbocycles. The predicted octanol–water partition coefficient (Wildman–Crippen LogP) is 1.88. The van der Waals surface area contributed by atoms with Crippen LogP contribution in [-0.2, 0) is 0 Å². The van der Waals surface area contributed by atoms with Gasteiger partial charge in [-0.25, -0.2) is 4.98 Å². The lowest BCUT2D eigenvalue weighted by Gasteiger charge is -2.13. The molecule has 0 amide bonds. The van der Waals surface area contributed by atoms with Crippen LogP contribution in [-0.4, -0.2) is 22.2 Å². The molecule has 2 heterocycles. The summed E-state index contributed by atoms with van der Waals surface area (Å²) in [5.41, 5.74) is 2.30. The maximum Gasteiger partial charge on any atom is 0.213 e. The number of aliphatic hydroxyl groups excluding tert-OH is 1. The number of aliphatic hydroxyl groups is 1.